The fourth-order valence-electron chi connectivity index (χ4n) is 1.73. The molecule has 0 spiro atoms. The Morgan fingerprint density at radius 1 is 1.24 bits per heavy atom. The second-order valence-electron chi connectivity index (χ2n) is 4.31. The minimum atomic E-state index is -0.616. The van der Waals surface area contributed by atoms with E-state index in [4.69, 9.17) is 5.73 Å². The number of nitrogens with two attached hydrogens (primary N) is 1. The molecule has 3 nitrogen and oxygen atoms in total. The van der Waals surface area contributed by atoms with Crippen LogP contribution < -0.4 is 5.73 Å². The Kier molecular flexibility index (Phi) is 3.15. The summed E-state index contributed by atoms with van der Waals surface area (Å²) in [6.07, 6.45) is 5.27. The Labute approximate surface area is 99.5 Å². The van der Waals surface area contributed by atoms with Crippen LogP contribution in [0.15, 0.2) is 42.9 Å². The highest BCUT2D eigenvalue weighted by atomic mass is 19.1. The lowest BCUT2D eigenvalue weighted by Crippen LogP contribution is -2.36. The molecule has 0 aliphatic heterocycles. The van der Waals surface area contributed by atoms with E-state index in [2.05, 4.69) is 9.97 Å². The number of nitrogens with zero attached hydrogens (tertiary/aromatic N) is 2. The highest BCUT2D eigenvalue weighted by Gasteiger charge is 2.23. The first-order valence-electron chi connectivity index (χ1n) is 5.38. The number of hydrogen-bond donors (Lipinski definition) is 1. The Morgan fingerprint density at radius 3 is 2.53 bits per heavy atom. The summed E-state index contributed by atoms with van der Waals surface area (Å²) >= 11 is 0. The monoisotopic (exact) mass is 231 g/mol. The summed E-state index contributed by atoms with van der Waals surface area (Å²) in [5.74, 6) is -0.353. The van der Waals surface area contributed by atoms with Crippen LogP contribution in [0, 0.1) is 5.82 Å². The summed E-state index contributed by atoms with van der Waals surface area (Å²) in [5, 5.41) is 0. The molecule has 88 valence electrons. The van der Waals surface area contributed by atoms with Crippen LogP contribution in [-0.2, 0) is 12.0 Å². The third-order valence-corrected chi connectivity index (χ3v) is 2.63. The summed E-state index contributed by atoms with van der Waals surface area (Å²) in [4.78, 5) is 7.98. The van der Waals surface area contributed by atoms with Gasteiger partial charge >= 0.3 is 0 Å². The number of rotatable bonds is 3. The maximum absolute atomic E-state index is 12.8. The maximum Gasteiger partial charge on any atom is 0.141 e. The average molecular weight is 231 g/mol. The maximum atomic E-state index is 12.8. The normalized spacial score (nSPS) is 14.3. The summed E-state index contributed by atoms with van der Waals surface area (Å²) in [6.45, 7) is 1.88. The van der Waals surface area contributed by atoms with Gasteiger partial charge in [-0.1, -0.05) is 0 Å². The van der Waals surface area contributed by atoms with Gasteiger partial charge in [0.15, 0.2) is 0 Å². The molecule has 0 radical (unpaired) electrons. The van der Waals surface area contributed by atoms with Crippen LogP contribution in [-0.4, -0.2) is 9.97 Å². The lowest BCUT2D eigenvalue weighted by molar-refractivity contribution is 0.472. The van der Waals surface area contributed by atoms with Crippen molar-refractivity contribution >= 4 is 0 Å². The molecule has 2 rings (SSSR count). The first-order chi connectivity index (χ1) is 8.08. The molecule has 0 bridgehead atoms. The van der Waals surface area contributed by atoms with Gasteiger partial charge in [0, 0.05) is 12.4 Å². The summed E-state index contributed by atoms with van der Waals surface area (Å²) in [7, 11) is 0. The van der Waals surface area contributed by atoms with E-state index in [-0.39, 0.29) is 5.82 Å². The first kappa shape index (κ1) is 11.7. The third kappa shape index (κ3) is 2.85. The van der Waals surface area contributed by atoms with Gasteiger partial charge in [0.05, 0.1) is 17.4 Å². The van der Waals surface area contributed by atoms with Crippen LogP contribution >= 0.6 is 0 Å². The molecule has 17 heavy (non-hydrogen) atoms. The van der Waals surface area contributed by atoms with Crippen molar-refractivity contribution in [3.05, 3.63) is 59.9 Å². The molecule has 1 atom stereocenters. The van der Waals surface area contributed by atoms with Crippen molar-refractivity contribution in [2.45, 2.75) is 18.9 Å². The zero-order valence-electron chi connectivity index (χ0n) is 9.60. The number of hydrogen-bond acceptors (Lipinski definition) is 3. The molecule has 0 fully saturated rings. The topological polar surface area (TPSA) is 51.8 Å². The molecular formula is C13H14FN3. The van der Waals surface area contributed by atoms with E-state index >= 15 is 0 Å². The van der Waals surface area contributed by atoms with Crippen LogP contribution in [0.3, 0.4) is 0 Å². The van der Waals surface area contributed by atoms with Crippen LogP contribution in [0.1, 0.15) is 18.2 Å². The fraction of sp³-hybridized carbons (Fsp3) is 0.231. The molecule has 1 unspecified atom stereocenters. The molecule has 0 saturated heterocycles. The standard InChI is InChI=1S/C13H14FN3/c1-13(15,8-10-4-6-16-7-5-10)12-3-2-11(14)9-17-12/h2-7,9H,8,15H2,1H3. The van der Waals surface area contributed by atoms with Gasteiger partial charge in [0.25, 0.3) is 0 Å². The van der Waals surface area contributed by atoms with E-state index in [0.29, 0.717) is 12.1 Å². The smallest absolute Gasteiger partial charge is 0.141 e. The van der Waals surface area contributed by atoms with Gasteiger partial charge in [-0.15, -0.1) is 0 Å². The molecule has 0 saturated carbocycles. The Bertz CT molecular complexity index is 480. The minimum Gasteiger partial charge on any atom is -0.320 e. The Hall–Kier alpha value is -1.81. The summed E-state index contributed by atoms with van der Waals surface area (Å²) < 4.78 is 12.8. The second kappa shape index (κ2) is 4.59. The minimum absolute atomic E-state index is 0.353. The molecule has 2 N–H and O–H groups in total. The van der Waals surface area contributed by atoms with Crippen molar-refractivity contribution in [2.24, 2.45) is 5.73 Å². The molecule has 0 aromatic carbocycles. The van der Waals surface area contributed by atoms with Crippen molar-refractivity contribution in [1.82, 2.24) is 9.97 Å². The van der Waals surface area contributed by atoms with Crippen molar-refractivity contribution in [3.63, 3.8) is 0 Å². The van der Waals surface area contributed by atoms with Gasteiger partial charge in [0.2, 0.25) is 0 Å². The van der Waals surface area contributed by atoms with Crippen molar-refractivity contribution in [3.8, 4) is 0 Å². The molecule has 0 aliphatic carbocycles. The molecule has 0 amide bonds. The van der Waals surface area contributed by atoms with E-state index in [1.165, 1.54) is 12.3 Å². The predicted octanol–water partition coefficient (Wildman–Crippen LogP) is 2.03. The van der Waals surface area contributed by atoms with Crippen molar-refractivity contribution < 1.29 is 4.39 Å². The van der Waals surface area contributed by atoms with Crippen LogP contribution in [0.25, 0.3) is 0 Å². The lowest BCUT2D eigenvalue weighted by Gasteiger charge is -2.24. The largest absolute Gasteiger partial charge is 0.320 e. The van der Waals surface area contributed by atoms with E-state index in [9.17, 15) is 4.39 Å². The van der Waals surface area contributed by atoms with E-state index in [1.54, 1.807) is 18.5 Å². The predicted molar refractivity (Wildman–Crippen MR) is 63.7 cm³/mol. The van der Waals surface area contributed by atoms with Gasteiger partial charge in [-0.25, -0.2) is 4.39 Å². The van der Waals surface area contributed by atoms with E-state index < -0.39 is 5.54 Å². The van der Waals surface area contributed by atoms with Crippen LogP contribution in [0.5, 0.6) is 0 Å². The Morgan fingerprint density at radius 2 is 1.94 bits per heavy atom. The molecule has 2 aromatic heterocycles. The number of halogens is 1. The quantitative estimate of drug-likeness (QED) is 0.879. The summed E-state index contributed by atoms with van der Waals surface area (Å²) in [5.41, 5.74) is 7.36. The third-order valence-electron chi connectivity index (χ3n) is 2.63. The number of aromatic nitrogens is 2. The van der Waals surface area contributed by atoms with Crippen LogP contribution in [0.4, 0.5) is 4.39 Å². The molecule has 0 aliphatic rings. The van der Waals surface area contributed by atoms with Gasteiger partial charge in [0.1, 0.15) is 5.82 Å². The zero-order chi connectivity index (χ0) is 12.3. The molecule has 2 aromatic rings. The van der Waals surface area contributed by atoms with Gasteiger partial charge in [-0.3, -0.25) is 9.97 Å². The van der Waals surface area contributed by atoms with Crippen molar-refractivity contribution in [1.29, 1.82) is 0 Å². The van der Waals surface area contributed by atoms with Crippen LogP contribution in [0.2, 0.25) is 0 Å². The lowest BCUT2D eigenvalue weighted by atomic mass is 9.90. The SMILES string of the molecule is CC(N)(Cc1ccncc1)c1ccc(F)cn1. The zero-order valence-corrected chi connectivity index (χ0v) is 9.60. The molecular weight excluding hydrogens is 217 g/mol. The average Bonchev–Trinajstić information content (AvgIpc) is 2.30. The summed E-state index contributed by atoms with van der Waals surface area (Å²) in [6, 6.07) is 6.82. The second-order valence-corrected chi connectivity index (χ2v) is 4.31. The van der Waals surface area contributed by atoms with E-state index in [0.717, 1.165) is 5.56 Å². The van der Waals surface area contributed by atoms with Gasteiger partial charge < -0.3 is 5.73 Å². The highest BCUT2D eigenvalue weighted by molar-refractivity contribution is 5.21. The highest BCUT2D eigenvalue weighted by Crippen LogP contribution is 2.20. The van der Waals surface area contributed by atoms with Gasteiger partial charge in [-0.2, -0.15) is 0 Å². The van der Waals surface area contributed by atoms with Crippen molar-refractivity contribution in [2.75, 3.05) is 0 Å². The molecule has 2 heterocycles. The molecule has 4 heteroatoms. The number of pyridine rings is 2. The van der Waals surface area contributed by atoms with Gasteiger partial charge in [-0.05, 0) is 43.2 Å². The van der Waals surface area contributed by atoms with E-state index in [1.807, 2.05) is 19.1 Å². The first-order valence-corrected chi connectivity index (χ1v) is 5.38. The fourth-order valence-corrected chi connectivity index (χ4v) is 1.73. The Balaban J connectivity index is 2.21.